The summed E-state index contributed by atoms with van der Waals surface area (Å²) in [4.78, 5) is 0.256. The summed E-state index contributed by atoms with van der Waals surface area (Å²) in [6, 6.07) is 12.0. The summed E-state index contributed by atoms with van der Waals surface area (Å²) >= 11 is 6.68. The van der Waals surface area contributed by atoms with E-state index in [-0.39, 0.29) is 4.90 Å². The minimum atomic E-state index is -3.55. The lowest BCUT2D eigenvalue weighted by Gasteiger charge is -2.09. The van der Waals surface area contributed by atoms with Gasteiger partial charge in [0.15, 0.2) is 0 Å². The molecule has 2 rings (SSSR count). The van der Waals surface area contributed by atoms with Gasteiger partial charge in [0, 0.05) is 8.95 Å². The van der Waals surface area contributed by atoms with Crippen LogP contribution in [0.4, 0.5) is 5.69 Å². The van der Waals surface area contributed by atoms with Gasteiger partial charge < -0.3 is 0 Å². The zero-order chi connectivity index (χ0) is 14.0. The van der Waals surface area contributed by atoms with Crippen molar-refractivity contribution in [3.8, 4) is 0 Å². The monoisotopic (exact) mass is 403 g/mol. The molecule has 0 unspecified atom stereocenters. The summed E-state index contributed by atoms with van der Waals surface area (Å²) in [6.07, 6.45) is 0. The Balaban J connectivity index is 2.33. The molecule has 2 aromatic carbocycles. The van der Waals surface area contributed by atoms with Crippen molar-refractivity contribution in [2.24, 2.45) is 0 Å². The van der Waals surface area contributed by atoms with Gasteiger partial charge in [-0.25, -0.2) is 8.42 Å². The van der Waals surface area contributed by atoms with E-state index in [2.05, 4.69) is 36.6 Å². The molecule has 0 fully saturated rings. The van der Waals surface area contributed by atoms with Crippen molar-refractivity contribution in [1.82, 2.24) is 0 Å². The molecule has 1 N–H and O–H groups in total. The summed E-state index contributed by atoms with van der Waals surface area (Å²) in [6.45, 7) is 1.86. The first kappa shape index (κ1) is 14.6. The van der Waals surface area contributed by atoms with E-state index >= 15 is 0 Å². The predicted octanol–water partition coefficient (Wildman–Crippen LogP) is 4.32. The van der Waals surface area contributed by atoms with Crippen LogP contribution >= 0.6 is 31.9 Å². The molecular formula is C13H11Br2NO2S. The quantitative estimate of drug-likeness (QED) is 0.827. The molecule has 0 saturated carbocycles. The number of halogens is 2. The Morgan fingerprint density at radius 2 is 1.74 bits per heavy atom. The van der Waals surface area contributed by atoms with E-state index in [1.54, 1.807) is 36.4 Å². The SMILES string of the molecule is Cc1cccc(S(=O)(=O)Nc2ccc(Br)c(Br)c2)c1. The predicted molar refractivity (Wildman–Crippen MR) is 83.8 cm³/mol. The van der Waals surface area contributed by atoms with Gasteiger partial charge in [0.1, 0.15) is 0 Å². The molecule has 6 heteroatoms. The number of hydrogen-bond donors (Lipinski definition) is 1. The van der Waals surface area contributed by atoms with Crippen molar-refractivity contribution in [2.45, 2.75) is 11.8 Å². The maximum atomic E-state index is 12.2. The molecule has 0 aliphatic heterocycles. The molecule has 100 valence electrons. The van der Waals surface area contributed by atoms with Crippen LogP contribution in [0.25, 0.3) is 0 Å². The molecular weight excluding hydrogens is 394 g/mol. The van der Waals surface area contributed by atoms with Crippen molar-refractivity contribution in [3.63, 3.8) is 0 Å². The summed E-state index contributed by atoms with van der Waals surface area (Å²) in [7, 11) is -3.55. The number of nitrogens with one attached hydrogen (secondary N) is 1. The fourth-order valence-corrected chi connectivity index (χ4v) is 3.34. The first-order chi connectivity index (χ1) is 8.88. The van der Waals surface area contributed by atoms with Gasteiger partial charge in [-0.1, -0.05) is 12.1 Å². The van der Waals surface area contributed by atoms with E-state index in [4.69, 9.17) is 0 Å². The van der Waals surface area contributed by atoms with Crippen LogP contribution < -0.4 is 4.72 Å². The van der Waals surface area contributed by atoms with Crippen LogP contribution in [0, 0.1) is 6.92 Å². The van der Waals surface area contributed by atoms with Crippen LogP contribution in [0.2, 0.25) is 0 Å². The highest BCUT2D eigenvalue weighted by molar-refractivity contribution is 9.13. The summed E-state index contributed by atoms with van der Waals surface area (Å²) in [5.41, 5.74) is 1.41. The van der Waals surface area contributed by atoms with Crippen LogP contribution in [0.15, 0.2) is 56.3 Å². The Kier molecular flexibility index (Phi) is 4.32. The molecule has 0 atom stereocenters. The fraction of sp³-hybridized carbons (Fsp3) is 0.0769. The van der Waals surface area contributed by atoms with Crippen LogP contribution in [0.5, 0.6) is 0 Å². The Hall–Kier alpha value is -0.850. The van der Waals surface area contributed by atoms with Crippen molar-refractivity contribution >= 4 is 47.6 Å². The topological polar surface area (TPSA) is 46.2 Å². The van der Waals surface area contributed by atoms with E-state index < -0.39 is 10.0 Å². The maximum Gasteiger partial charge on any atom is 0.261 e. The lowest BCUT2D eigenvalue weighted by Crippen LogP contribution is -2.13. The molecule has 2 aromatic rings. The van der Waals surface area contributed by atoms with Gasteiger partial charge >= 0.3 is 0 Å². The van der Waals surface area contributed by atoms with Gasteiger partial charge in [-0.2, -0.15) is 0 Å². The highest BCUT2D eigenvalue weighted by Gasteiger charge is 2.14. The Labute approximate surface area is 129 Å². The zero-order valence-electron chi connectivity index (χ0n) is 10.0. The second-order valence-corrected chi connectivity index (χ2v) is 7.44. The number of sulfonamides is 1. The smallest absolute Gasteiger partial charge is 0.261 e. The van der Waals surface area contributed by atoms with Crippen LogP contribution in [0.1, 0.15) is 5.56 Å². The van der Waals surface area contributed by atoms with Crippen molar-refractivity contribution < 1.29 is 8.42 Å². The minimum Gasteiger partial charge on any atom is -0.280 e. The second-order valence-electron chi connectivity index (χ2n) is 4.05. The summed E-state index contributed by atoms with van der Waals surface area (Å²) < 4.78 is 28.6. The van der Waals surface area contributed by atoms with Gasteiger partial charge in [0.2, 0.25) is 0 Å². The number of benzene rings is 2. The molecule has 0 aliphatic rings. The molecule has 0 radical (unpaired) electrons. The average molecular weight is 405 g/mol. The van der Waals surface area contributed by atoms with Gasteiger partial charge in [-0.3, -0.25) is 4.72 Å². The summed E-state index contributed by atoms with van der Waals surface area (Å²) in [5.74, 6) is 0. The van der Waals surface area contributed by atoms with Gasteiger partial charge in [0.05, 0.1) is 10.6 Å². The molecule has 0 spiro atoms. The van der Waals surface area contributed by atoms with Crippen LogP contribution in [0.3, 0.4) is 0 Å². The van der Waals surface area contributed by atoms with Gasteiger partial charge in [0.25, 0.3) is 10.0 Å². The fourth-order valence-electron chi connectivity index (χ4n) is 1.56. The highest BCUT2D eigenvalue weighted by atomic mass is 79.9. The van der Waals surface area contributed by atoms with E-state index in [1.807, 2.05) is 13.0 Å². The largest absolute Gasteiger partial charge is 0.280 e. The lowest BCUT2D eigenvalue weighted by molar-refractivity contribution is 0.601. The van der Waals surface area contributed by atoms with E-state index in [9.17, 15) is 8.42 Å². The normalized spacial score (nSPS) is 11.3. The standard InChI is InChI=1S/C13H11Br2NO2S/c1-9-3-2-4-11(7-9)19(17,18)16-10-5-6-12(14)13(15)8-10/h2-8,16H,1H3. The van der Waals surface area contributed by atoms with E-state index in [0.717, 1.165) is 14.5 Å². The molecule has 0 amide bonds. The number of aryl methyl sites for hydroxylation is 1. The van der Waals surface area contributed by atoms with Crippen LogP contribution in [-0.4, -0.2) is 8.42 Å². The highest BCUT2D eigenvalue weighted by Crippen LogP contribution is 2.27. The number of rotatable bonds is 3. The molecule has 0 aromatic heterocycles. The lowest BCUT2D eigenvalue weighted by atomic mass is 10.2. The number of anilines is 1. The van der Waals surface area contributed by atoms with E-state index in [1.165, 1.54) is 0 Å². The third-order valence-corrected chi connectivity index (χ3v) is 5.73. The second kappa shape index (κ2) is 5.64. The zero-order valence-corrected chi connectivity index (χ0v) is 14.0. The van der Waals surface area contributed by atoms with Crippen molar-refractivity contribution in [1.29, 1.82) is 0 Å². The molecule has 19 heavy (non-hydrogen) atoms. The van der Waals surface area contributed by atoms with E-state index in [0.29, 0.717) is 5.69 Å². The van der Waals surface area contributed by atoms with Gasteiger partial charge in [-0.05, 0) is 74.7 Å². The maximum absolute atomic E-state index is 12.2. The molecule has 0 saturated heterocycles. The average Bonchev–Trinajstić information content (AvgIpc) is 2.33. The summed E-state index contributed by atoms with van der Waals surface area (Å²) in [5, 5.41) is 0. The molecule has 0 heterocycles. The van der Waals surface area contributed by atoms with Gasteiger partial charge in [-0.15, -0.1) is 0 Å². The first-order valence-corrected chi connectivity index (χ1v) is 8.50. The van der Waals surface area contributed by atoms with Crippen molar-refractivity contribution in [2.75, 3.05) is 4.72 Å². The molecule has 0 aliphatic carbocycles. The third-order valence-electron chi connectivity index (χ3n) is 2.47. The van der Waals surface area contributed by atoms with Crippen LogP contribution in [-0.2, 0) is 10.0 Å². The third kappa shape index (κ3) is 3.58. The Morgan fingerprint density at radius 1 is 1.00 bits per heavy atom. The number of hydrogen-bond acceptors (Lipinski definition) is 2. The Bertz CT molecular complexity index is 714. The minimum absolute atomic E-state index is 0.256. The molecule has 3 nitrogen and oxygen atoms in total. The molecule has 0 bridgehead atoms. The first-order valence-electron chi connectivity index (χ1n) is 5.43. The Morgan fingerprint density at radius 3 is 2.37 bits per heavy atom. The van der Waals surface area contributed by atoms with Crippen molar-refractivity contribution in [3.05, 3.63) is 57.0 Å².